The standard InChI is InChI=1S/C16H9F2N3/c17-13-2-4-14(5-3-13)21-10-12(9-20-21)15-6-1-11(8-19)7-16(15)18/h1-7,9-10H. The number of nitriles is 1. The molecule has 1 heterocycles. The fraction of sp³-hybridized carbons (Fsp3) is 0. The molecular weight excluding hydrogens is 272 g/mol. The second-order valence-corrected chi connectivity index (χ2v) is 4.46. The Morgan fingerprint density at radius 1 is 1.05 bits per heavy atom. The highest BCUT2D eigenvalue weighted by Gasteiger charge is 2.09. The molecule has 0 amide bonds. The van der Waals surface area contributed by atoms with E-state index in [1.165, 1.54) is 29.1 Å². The first kappa shape index (κ1) is 13.0. The van der Waals surface area contributed by atoms with Gasteiger partial charge < -0.3 is 0 Å². The number of hydrogen-bond acceptors (Lipinski definition) is 2. The summed E-state index contributed by atoms with van der Waals surface area (Å²) in [6.07, 6.45) is 3.17. The molecule has 1 aromatic heterocycles. The highest BCUT2D eigenvalue weighted by Crippen LogP contribution is 2.24. The van der Waals surface area contributed by atoms with Crippen molar-refractivity contribution in [3.05, 3.63) is 72.1 Å². The second-order valence-electron chi connectivity index (χ2n) is 4.46. The molecule has 0 aliphatic carbocycles. The summed E-state index contributed by atoms with van der Waals surface area (Å²) in [4.78, 5) is 0. The monoisotopic (exact) mass is 281 g/mol. The van der Waals surface area contributed by atoms with Crippen molar-refractivity contribution in [2.45, 2.75) is 0 Å². The Labute approximate surface area is 119 Å². The Hall–Kier alpha value is -3.00. The van der Waals surface area contributed by atoms with Crippen LogP contribution in [0.5, 0.6) is 0 Å². The van der Waals surface area contributed by atoms with Crippen molar-refractivity contribution in [3.63, 3.8) is 0 Å². The minimum atomic E-state index is -0.479. The van der Waals surface area contributed by atoms with E-state index in [-0.39, 0.29) is 11.4 Å². The third-order valence-electron chi connectivity index (χ3n) is 3.08. The quantitative estimate of drug-likeness (QED) is 0.719. The zero-order valence-corrected chi connectivity index (χ0v) is 10.8. The molecule has 0 spiro atoms. The normalized spacial score (nSPS) is 10.3. The molecule has 0 atom stereocenters. The van der Waals surface area contributed by atoms with E-state index in [9.17, 15) is 8.78 Å². The van der Waals surface area contributed by atoms with Crippen LogP contribution >= 0.6 is 0 Å². The van der Waals surface area contributed by atoms with Crippen molar-refractivity contribution in [2.75, 3.05) is 0 Å². The van der Waals surface area contributed by atoms with E-state index in [0.717, 1.165) is 0 Å². The van der Waals surface area contributed by atoms with Crippen molar-refractivity contribution < 1.29 is 8.78 Å². The first-order chi connectivity index (χ1) is 10.2. The summed E-state index contributed by atoms with van der Waals surface area (Å²) in [5.74, 6) is -0.808. The van der Waals surface area contributed by atoms with Crippen molar-refractivity contribution in [1.29, 1.82) is 5.26 Å². The second kappa shape index (κ2) is 5.17. The fourth-order valence-electron chi connectivity index (χ4n) is 2.02. The van der Waals surface area contributed by atoms with Crippen LogP contribution in [0.15, 0.2) is 54.9 Å². The number of rotatable bonds is 2. The van der Waals surface area contributed by atoms with E-state index in [4.69, 9.17) is 5.26 Å². The number of benzene rings is 2. The third kappa shape index (κ3) is 2.51. The van der Waals surface area contributed by atoms with Gasteiger partial charge in [-0.2, -0.15) is 10.4 Å². The summed E-state index contributed by atoms with van der Waals surface area (Å²) in [6.45, 7) is 0. The smallest absolute Gasteiger partial charge is 0.132 e. The zero-order chi connectivity index (χ0) is 14.8. The largest absolute Gasteiger partial charge is 0.240 e. The van der Waals surface area contributed by atoms with Gasteiger partial charge >= 0.3 is 0 Å². The van der Waals surface area contributed by atoms with Crippen LogP contribution in [0.25, 0.3) is 16.8 Å². The van der Waals surface area contributed by atoms with E-state index < -0.39 is 5.82 Å². The number of hydrogen-bond donors (Lipinski definition) is 0. The lowest BCUT2D eigenvalue weighted by Gasteiger charge is -2.01. The fourth-order valence-corrected chi connectivity index (χ4v) is 2.02. The van der Waals surface area contributed by atoms with E-state index in [1.807, 2.05) is 6.07 Å². The molecule has 0 bridgehead atoms. The molecule has 3 nitrogen and oxygen atoms in total. The molecule has 0 saturated heterocycles. The van der Waals surface area contributed by atoms with Crippen LogP contribution in [0.1, 0.15) is 5.56 Å². The number of nitrogens with zero attached hydrogens (tertiary/aromatic N) is 3. The van der Waals surface area contributed by atoms with Crippen LogP contribution in [0, 0.1) is 23.0 Å². The van der Waals surface area contributed by atoms with Crippen LogP contribution in [-0.4, -0.2) is 9.78 Å². The first-order valence-corrected chi connectivity index (χ1v) is 6.18. The molecule has 0 N–H and O–H groups in total. The summed E-state index contributed by atoms with van der Waals surface area (Å²) in [5.41, 5.74) is 1.89. The summed E-state index contributed by atoms with van der Waals surface area (Å²) in [7, 11) is 0. The molecule has 2 aromatic carbocycles. The minimum Gasteiger partial charge on any atom is -0.240 e. The van der Waals surface area contributed by atoms with Gasteiger partial charge in [0.2, 0.25) is 0 Å². The van der Waals surface area contributed by atoms with Crippen molar-refractivity contribution >= 4 is 0 Å². The van der Waals surface area contributed by atoms with Gasteiger partial charge in [-0.25, -0.2) is 13.5 Å². The Balaban J connectivity index is 1.99. The predicted molar refractivity (Wildman–Crippen MR) is 73.6 cm³/mol. The maximum absolute atomic E-state index is 13.9. The van der Waals surface area contributed by atoms with Gasteiger partial charge in [0.05, 0.1) is 23.5 Å². The maximum Gasteiger partial charge on any atom is 0.132 e. The lowest BCUT2D eigenvalue weighted by molar-refractivity contribution is 0.627. The Kier molecular flexibility index (Phi) is 3.20. The van der Waals surface area contributed by atoms with Gasteiger partial charge in [0.1, 0.15) is 11.6 Å². The summed E-state index contributed by atoms with van der Waals surface area (Å²) in [5, 5.41) is 12.9. The highest BCUT2D eigenvalue weighted by molar-refractivity contribution is 5.64. The first-order valence-electron chi connectivity index (χ1n) is 6.18. The topological polar surface area (TPSA) is 41.6 Å². The van der Waals surface area contributed by atoms with Gasteiger partial charge in [-0.15, -0.1) is 0 Å². The van der Waals surface area contributed by atoms with Gasteiger partial charge in [0, 0.05) is 17.3 Å². The highest BCUT2D eigenvalue weighted by atomic mass is 19.1. The molecule has 102 valence electrons. The Morgan fingerprint density at radius 2 is 1.81 bits per heavy atom. The van der Waals surface area contributed by atoms with Gasteiger partial charge in [0.25, 0.3) is 0 Å². The Bertz CT molecular complexity index is 829. The van der Waals surface area contributed by atoms with Crippen molar-refractivity contribution in [2.24, 2.45) is 0 Å². The van der Waals surface area contributed by atoms with Crippen LogP contribution in [0.2, 0.25) is 0 Å². The van der Waals surface area contributed by atoms with Gasteiger partial charge in [-0.3, -0.25) is 0 Å². The van der Waals surface area contributed by atoms with E-state index in [0.29, 0.717) is 16.8 Å². The molecule has 0 radical (unpaired) electrons. The molecule has 0 fully saturated rings. The maximum atomic E-state index is 13.9. The zero-order valence-electron chi connectivity index (χ0n) is 10.8. The van der Waals surface area contributed by atoms with Crippen LogP contribution in [0.4, 0.5) is 8.78 Å². The molecule has 0 aliphatic rings. The molecule has 0 saturated carbocycles. The van der Waals surface area contributed by atoms with Crippen molar-refractivity contribution in [3.8, 4) is 22.9 Å². The predicted octanol–water partition coefficient (Wildman–Crippen LogP) is 3.69. The summed E-state index contributed by atoms with van der Waals surface area (Å²) >= 11 is 0. The molecule has 3 aromatic rings. The van der Waals surface area contributed by atoms with E-state index in [1.54, 1.807) is 30.5 Å². The SMILES string of the molecule is N#Cc1ccc(-c2cnn(-c3ccc(F)cc3)c2)c(F)c1. The lowest BCUT2D eigenvalue weighted by Crippen LogP contribution is -1.93. The average Bonchev–Trinajstić information content (AvgIpc) is 2.97. The molecule has 0 aliphatic heterocycles. The molecule has 21 heavy (non-hydrogen) atoms. The third-order valence-corrected chi connectivity index (χ3v) is 3.08. The van der Waals surface area contributed by atoms with Crippen molar-refractivity contribution in [1.82, 2.24) is 9.78 Å². The number of aromatic nitrogens is 2. The summed E-state index contributed by atoms with van der Waals surface area (Å²) < 4.78 is 28.4. The summed E-state index contributed by atoms with van der Waals surface area (Å²) in [6, 6.07) is 12.0. The molecular formula is C16H9F2N3. The number of halogens is 2. The molecule has 3 rings (SSSR count). The molecule has 5 heteroatoms. The van der Waals surface area contributed by atoms with Gasteiger partial charge in [-0.05, 0) is 36.4 Å². The van der Waals surface area contributed by atoms with Gasteiger partial charge in [0.15, 0.2) is 0 Å². The molecule has 0 unspecified atom stereocenters. The van der Waals surface area contributed by atoms with Gasteiger partial charge in [-0.1, -0.05) is 6.07 Å². The van der Waals surface area contributed by atoms with E-state index >= 15 is 0 Å². The van der Waals surface area contributed by atoms with E-state index in [2.05, 4.69) is 5.10 Å². The van der Waals surface area contributed by atoms with Crippen LogP contribution < -0.4 is 0 Å². The Morgan fingerprint density at radius 3 is 2.48 bits per heavy atom. The van der Waals surface area contributed by atoms with Crippen LogP contribution in [0.3, 0.4) is 0 Å². The minimum absolute atomic E-state index is 0.266. The lowest BCUT2D eigenvalue weighted by atomic mass is 10.1. The average molecular weight is 281 g/mol. The van der Waals surface area contributed by atoms with Crippen LogP contribution in [-0.2, 0) is 0 Å².